The standard InChI is InChI=1S/C9H23NS/c1-8(2)11(9(3)4)7-5-6-10/h8-9,11H,5-7,10H2,1-4H3. The van der Waals surface area contributed by atoms with Crippen molar-refractivity contribution in [2.75, 3.05) is 12.3 Å². The van der Waals surface area contributed by atoms with E-state index in [1.165, 1.54) is 12.2 Å². The fraction of sp³-hybridized carbons (Fsp3) is 1.00. The van der Waals surface area contributed by atoms with Crippen LogP contribution in [0.2, 0.25) is 0 Å². The molecule has 0 radical (unpaired) electrons. The Balaban J connectivity index is 3.70. The molecule has 0 aromatic carbocycles. The average Bonchev–Trinajstić information content (AvgIpc) is 1.87. The molecular formula is C9H23NS. The Labute approximate surface area is 74.1 Å². The first kappa shape index (κ1) is 11.3. The number of rotatable bonds is 5. The largest absolute Gasteiger partial charge is 0.330 e. The van der Waals surface area contributed by atoms with Gasteiger partial charge in [0.25, 0.3) is 0 Å². The quantitative estimate of drug-likeness (QED) is 0.618. The van der Waals surface area contributed by atoms with E-state index in [0.717, 1.165) is 17.0 Å². The van der Waals surface area contributed by atoms with Crippen molar-refractivity contribution in [1.82, 2.24) is 0 Å². The topological polar surface area (TPSA) is 26.0 Å². The van der Waals surface area contributed by atoms with Crippen LogP contribution in [0, 0.1) is 0 Å². The summed E-state index contributed by atoms with van der Waals surface area (Å²) in [6.45, 7) is 10.2. The monoisotopic (exact) mass is 177 g/mol. The molecule has 0 spiro atoms. The van der Waals surface area contributed by atoms with Crippen LogP contribution in [0.1, 0.15) is 34.1 Å². The normalized spacial score (nSPS) is 12.8. The van der Waals surface area contributed by atoms with Gasteiger partial charge in [-0.1, -0.05) is 27.7 Å². The molecule has 2 N–H and O–H groups in total. The number of thiol groups is 1. The van der Waals surface area contributed by atoms with Crippen LogP contribution in [0.5, 0.6) is 0 Å². The molecule has 0 aromatic rings. The molecule has 1 nitrogen and oxygen atoms in total. The minimum Gasteiger partial charge on any atom is -0.330 e. The van der Waals surface area contributed by atoms with Gasteiger partial charge in [-0.25, -0.2) is 10.9 Å². The molecule has 0 atom stereocenters. The van der Waals surface area contributed by atoms with E-state index in [-0.39, 0.29) is 10.9 Å². The van der Waals surface area contributed by atoms with Crippen molar-refractivity contribution in [3.8, 4) is 0 Å². The minimum absolute atomic E-state index is 0.235. The van der Waals surface area contributed by atoms with Gasteiger partial charge in [0, 0.05) is 0 Å². The summed E-state index contributed by atoms with van der Waals surface area (Å²) >= 11 is 0. The second-order valence-corrected chi connectivity index (χ2v) is 7.11. The van der Waals surface area contributed by atoms with Crippen molar-refractivity contribution in [2.24, 2.45) is 5.73 Å². The van der Waals surface area contributed by atoms with Crippen LogP contribution < -0.4 is 5.73 Å². The summed E-state index contributed by atoms with van der Waals surface area (Å²) in [4.78, 5) is 0. The van der Waals surface area contributed by atoms with Crippen LogP contribution in [-0.4, -0.2) is 22.8 Å². The van der Waals surface area contributed by atoms with Crippen molar-refractivity contribution in [1.29, 1.82) is 0 Å². The second kappa shape index (κ2) is 5.90. The molecule has 0 bridgehead atoms. The first-order valence-electron chi connectivity index (χ1n) is 4.55. The lowest BCUT2D eigenvalue weighted by molar-refractivity contribution is 0.920. The predicted octanol–water partition coefficient (Wildman–Crippen LogP) is 2.15. The average molecular weight is 177 g/mol. The summed E-state index contributed by atoms with van der Waals surface area (Å²) < 4.78 is 0. The lowest BCUT2D eigenvalue weighted by atomic mass is 10.5. The Bertz CT molecular complexity index is 83.6. The van der Waals surface area contributed by atoms with E-state index in [1.807, 2.05) is 0 Å². The Morgan fingerprint density at radius 3 is 1.82 bits per heavy atom. The van der Waals surface area contributed by atoms with E-state index in [2.05, 4.69) is 27.7 Å². The van der Waals surface area contributed by atoms with Crippen LogP contribution >= 0.6 is 10.9 Å². The Kier molecular flexibility index (Phi) is 6.06. The van der Waals surface area contributed by atoms with Gasteiger partial charge in [0.05, 0.1) is 0 Å². The van der Waals surface area contributed by atoms with E-state index in [4.69, 9.17) is 5.73 Å². The molecule has 0 saturated carbocycles. The summed E-state index contributed by atoms with van der Waals surface area (Å²) in [6.07, 6.45) is 1.21. The van der Waals surface area contributed by atoms with Crippen molar-refractivity contribution >= 4 is 10.9 Å². The first-order valence-corrected chi connectivity index (χ1v) is 6.22. The summed E-state index contributed by atoms with van der Waals surface area (Å²) in [5, 5.41) is 1.74. The maximum Gasteiger partial charge on any atom is -0.00700 e. The molecular weight excluding hydrogens is 154 g/mol. The highest BCUT2D eigenvalue weighted by atomic mass is 32.2. The van der Waals surface area contributed by atoms with Crippen LogP contribution in [0.15, 0.2) is 0 Å². The lowest BCUT2D eigenvalue weighted by Gasteiger charge is -2.29. The third-order valence-corrected chi connectivity index (χ3v) is 5.43. The van der Waals surface area contributed by atoms with Gasteiger partial charge in [-0.2, -0.15) is 0 Å². The zero-order chi connectivity index (χ0) is 8.85. The van der Waals surface area contributed by atoms with Gasteiger partial charge in [0.2, 0.25) is 0 Å². The summed E-state index contributed by atoms with van der Waals surface area (Å²) in [7, 11) is 0.235. The molecule has 0 aliphatic heterocycles. The molecule has 0 fully saturated rings. The highest BCUT2D eigenvalue weighted by Gasteiger charge is 2.11. The highest BCUT2D eigenvalue weighted by molar-refractivity contribution is 8.18. The van der Waals surface area contributed by atoms with Gasteiger partial charge in [-0.3, -0.25) is 0 Å². The Morgan fingerprint density at radius 2 is 1.55 bits per heavy atom. The highest BCUT2D eigenvalue weighted by Crippen LogP contribution is 2.36. The van der Waals surface area contributed by atoms with Gasteiger partial charge in [-0.15, -0.1) is 0 Å². The molecule has 2 heteroatoms. The second-order valence-electron chi connectivity index (χ2n) is 3.57. The first-order chi connectivity index (χ1) is 5.09. The summed E-state index contributed by atoms with van der Waals surface area (Å²) in [6, 6.07) is 0. The molecule has 0 aliphatic rings. The maximum absolute atomic E-state index is 5.49. The van der Waals surface area contributed by atoms with Crippen molar-refractivity contribution in [2.45, 2.75) is 44.6 Å². The molecule has 0 rings (SSSR count). The molecule has 70 valence electrons. The summed E-state index contributed by atoms with van der Waals surface area (Å²) in [5.74, 6) is 1.36. The third-order valence-electron chi connectivity index (χ3n) is 1.95. The van der Waals surface area contributed by atoms with E-state index in [0.29, 0.717) is 0 Å². The maximum atomic E-state index is 5.49. The number of hydrogen-bond acceptors (Lipinski definition) is 1. The Morgan fingerprint density at radius 1 is 1.09 bits per heavy atom. The molecule has 0 aliphatic carbocycles. The van der Waals surface area contributed by atoms with Gasteiger partial charge < -0.3 is 5.73 Å². The van der Waals surface area contributed by atoms with Crippen molar-refractivity contribution < 1.29 is 0 Å². The number of nitrogens with two attached hydrogens (primary N) is 1. The van der Waals surface area contributed by atoms with Crippen molar-refractivity contribution in [3.05, 3.63) is 0 Å². The lowest BCUT2D eigenvalue weighted by Crippen LogP contribution is -2.13. The minimum atomic E-state index is 0.235. The van der Waals surface area contributed by atoms with E-state index in [9.17, 15) is 0 Å². The van der Waals surface area contributed by atoms with Crippen LogP contribution in [0.3, 0.4) is 0 Å². The van der Waals surface area contributed by atoms with Crippen molar-refractivity contribution in [3.63, 3.8) is 0 Å². The summed E-state index contributed by atoms with van der Waals surface area (Å²) in [5.41, 5.74) is 5.49. The smallest absolute Gasteiger partial charge is 0.00700 e. The van der Waals surface area contributed by atoms with Gasteiger partial charge in [0.15, 0.2) is 0 Å². The van der Waals surface area contributed by atoms with Gasteiger partial charge in [0.1, 0.15) is 0 Å². The van der Waals surface area contributed by atoms with Gasteiger partial charge in [-0.05, 0) is 29.2 Å². The SMILES string of the molecule is CC(C)[SH](CCCN)C(C)C. The zero-order valence-corrected chi connectivity index (χ0v) is 9.20. The third kappa shape index (κ3) is 4.70. The molecule has 0 unspecified atom stereocenters. The predicted molar refractivity (Wildman–Crippen MR) is 57.8 cm³/mol. The zero-order valence-electron chi connectivity index (χ0n) is 8.30. The molecule has 0 amide bonds. The molecule has 0 saturated heterocycles. The van der Waals surface area contributed by atoms with E-state index >= 15 is 0 Å². The number of hydrogen-bond donors (Lipinski definition) is 2. The van der Waals surface area contributed by atoms with Gasteiger partial charge >= 0.3 is 0 Å². The van der Waals surface area contributed by atoms with E-state index in [1.54, 1.807) is 0 Å². The fourth-order valence-electron chi connectivity index (χ4n) is 1.39. The molecule has 0 heterocycles. The molecule has 0 aromatic heterocycles. The fourth-order valence-corrected chi connectivity index (χ4v) is 4.16. The van der Waals surface area contributed by atoms with Crippen LogP contribution in [-0.2, 0) is 0 Å². The van der Waals surface area contributed by atoms with E-state index < -0.39 is 0 Å². The van der Waals surface area contributed by atoms with Crippen LogP contribution in [0.25, 0.3) is 0 Å². The van der Waals surface area contributed by atoms with Crippen LogP contribution in [0.4, 0.5) is 0 Å². The molecule has 11 heavy (non-hydrogen) atoms. The Hall–Kier alpha value is 0.310.